The molecular formula is C12H17IN4O2. The fourth-order valence-corrected chi connectivity index (χ4v) is 1.76. The summed E-state index contributed by atoms with van der Waals surface area (Å²) in [6.07, 6.45) is 1.90. The second-order valence-electron chi connectivity index (χ2n) is 4.11. The number of nitro groups is 1. The van der Waals surface area contributed by atoms with Gasteiger partial charge in [0.1, 0.15) is 0 Å². The molecule has 0 saturated heterocycles. The highest BCUT2D eigenvalue weighted by Gasteiger charge is 2.05. The first-order valence-corrected chi connectivity index (χ1v) is 6.01. The summed E-state index contributed by atoms with van der Waals surface area (Å²) >= 11 is 0. The number of guanidine groups is 1. The van der Waals surface area contributed by atoms with Crippen LogP contribution in [0.25, 0.3) is 0 Å². The zero-order valence-electron chi connectivity index (χ0n) is 10.5. The Balaban J connectivity index is 0.00000180. The highest BCUT2D eigenvalue weighted by Crippen LogP contribution is 2.11. The van der Waals surface area contributed by atoms with Gasteiger partial charge in [-0.2, -0.15) is 0 Å². The van der Waals surface area contributed by atoms with Crippen LogP contribution in [0.3, 0.4) is 0 Å². The molecule has 0 spiro atoms. The van der Waals surface area contributed by atoms with Crippen LogP contribution < -0.4 is 10.6 Å². The zero-order valence-corrected chi connectivity index (χ0v) is 12.8. The van der Waals surface area contributed by atoms with Gasteiger partial charge in [0.15, 0.2) is 5.96 Å². The maximum atomic E-state index is 10.5. The third kappa shape index (κ3) is 5.01. The summed E-state index contributed by atoms with van der Waals surface area (Å²) in [5.41, 5.74) is 1.20. The van der Waals surface area contributed by atoms with Crippen molar-refractivity contribution in [3.8, 4) is 0 Å². The van der Waals surface area contributed by atoms with E-state index < -0.39 is 0 Å². The van der Waals surface area contributed by atoms with Gasteiger partial charge in [-0.05, 0) is 18.4 Å². The average molecular weight is 376 g/mol. The summed E-state index contributed by atoms with van der Waals surface area (Å²) in [6.45, 7) is 2.60. The van der Waals surface area contributed by atoms with E-state index in [1.807, 2.05) is 0 Å². The van der Waals surface area contributed by atoms with Crippen molar-refractivity contribution >= 4 is 35.6 Å². The lowest BCUT2D eigenvalue weighted by molar-refractivity contribution is -0.384. The Morgan fingerprint density at radius 2 is 2.11 bits per heavy atom. The van der Waals surface area contributed by atoms with Gasteiger partial charge in [-0.25, -0.2) is 0 Å². The first-order valence-electron chi connectivity index (χ1n) is 6.01. The van der Waals surface area contributed by atoms with Gasteiger partial charge in [-0.3, -0.25) is 15.1 Å². The molecule has 104 valence electrons. The lowest BCUT2D eigenvalue weighted by atomic mass is 10.1. The van der Waals surface area contributed by atoms with E-state index in [1.54, 1.807) is 12.1 Å². The Bertz CT molecular complexity index is 448. The molecule has 2 N–H and O–H groups in total. The zero-order chi connectivity index (χ0) is 12.8. The van der Waals surface area contributed by atoms with E-state index in [-0.39, 0.29) is 34.6 Å². The molecule has 0 unspecified atom stereocenters. The van der Waals surface area contributed by atoms with Gasteiger partial charge >= 0.3 is 0 Å². The first-order chi connectivity index (χ1) is 8.75. The molecule has 0 saturated carbocycles. The second kappa shape index (κ2) is 7.93. The molecule has 0 bridgehead atoms. The number of aliphatic imine (C=N–C) groups is 1. The molecule has 1 aliphatic rings. The van der Waals surface area contributed by atoms with E-state index >= 15 is 0 Å². The number of nitro benzene ring substituents is 1. The van der Waals surface area contributed by atoms with Crippen molar-refractivity contribution in [2.24, 2.45) is 4.99 Å². The van der Waals surface area contributed by atoms with Crippen LogP contribution in [0.2, 0.25) is 0 Å². The van der Waals surface area contributed by atoms with Crippen molar-refractivity contribution in [2.75, 3.05) is 19.6 Å². The molecule has 0 aliphatic carbocycles. The van der Waals surface area contributed by atoms with Gasteiger partial charge in [0.2, 0.25) is 0 Å². The SMILES string of the molecule is I.O=[N+]([O-])c1ccc(CCNC2=NCCCN2)cc1. The fourth-order valence-electron chi connectivity index (χ4n) is 1.76. The molecule has 2 rings (SSSR count). The predicted octanol–water partition coefficient (Wildman–Crippen LogP) is 1.69. The summed E-state index contributed by atoms with van der Waals surface area (Å²) in [5, 5.41) is 16.9. The van der Waals surface area contributed by atoms with Crippen molar-refractivity contribution in [3.63, 3.8) is 0 Å². The van der Waals surface area contributed by atoms with Crippen molar-refractivity contribution in [3.05, 3.63) is 39.9 Å². The summed E-state index contributed by atoms with van der Waals surface area (Å²) in [4.78, 5) is 14.4. The minimum absolute atomic E-state index is 0. The molecule has 0 amide bonds. The Kier molecular flexibility index (Phi) is 6.54. The van der Waals surface area contributed by atoms with Gasteiger partial charge in [-0.15, -0.1) is 24.0 Å². The quantitative estimate of drug-likeness (QED) is 0.476. The molecule has 0 atom stereocenters. The second-order valence-corrected chi connectivity index (χ2v) is 4.11. The van der Waals surface area contributed by atoms with Crippen LogP contribution in [0.1, 0.15) is 12.0 Å². The van der Waals surface area contributed by atoms with Crippen LogP contribution in [0.4, 0.5) is 5.69 Å². The summed E-state index contributed by atoms with van der Waals surface area (Å²) < 4.78 is 0. The maximum absolute atomic E-state index is 10.5. The molecule has 1 aromatic rings. The molecule has 0 radical (unpaired) electrons. The standard InChI is InChI=1S/C12H16N4O2.HI/c17-16(18)11-4-2-10(3-5-11)6-9-15-12-13-7-1-8-14-12;/h2-5H,1,6-9H2,(H2,13,14,15);1H. The smallest absolute Gasteiger partial charge is 0.269 e. The fraction of sp³-hybridized carbons (Fsp3) is 0.417. The van der Waals surface area contributed by atoms with E-state index in [2.05, 4.69) is 15.6 Å². The summed E-state index contributed by atoms with van der Waals surface area (Å²) in [5.74, 6) is 0.850. The topological polar surface area (TPSA) is 79.6 Å². The Labute approximate surface area is 128 Å². The average Bonchev–Trinajstić information content (AvgIpc) is 2.40. The Morgan fingerprint density at radius 3 is 2.68 bits per heavy atom. The first kappa shape index (κ1) is 15.7. The molecule has 19 heavy (non-hydrogen) atoms. The molecule has 0 fully saturated rings. The number of halogens is 1. The van der Waals surface area contributed by atoms with Gasteiger partial charge < -0.3 is 10.6 Å². The normalized spacial score (nSPS) is 13.8. The van der Waals surface area contributed by atoms with Gasteiger partial charge in [0.25, 0.3) is 5.69 Å². The van der Waals surface area contributed by atoms with E-state index in [0.717, 1.165) is 44.0 Å². The predicted molar refractivity (Wildman–Crippen MR) is 85.1 cm³/mol. The maximum Gasteiger partial charge on any atom is 0.269 e. The van der Waals surface area contributed by atoms with E-state index in [4.69, 9.17) is 0 Å². The number of hydrogen-bond acceptors (Lipinski definition) is 5. The number of non-ortho nitro benzene ring substituents is 1. The molecule has 1 heterocycles. The van der Waals surface area contributed by atoms with Crippen molar-refractivity contribution in [1.82, 2.24) is 10.6 Å². The van der Waals surface area contributed by atoms with Crippen LogP contribution in [-0.2, 0) is 6.42 Å². The molecule has 0 aromatic heterocycles. The van der Waals surface area contributed by atoms with Crippen LogP contribution in [0.5, 0.6) is 0 Å². The largest absolute Gasteiger partial charge is 0.356 e. The van der Waals surface area contributed by atoms with Gasteiger partial charge in [-0.1, -0.05) is 12.1 Å². The molecular weight excluding hydrogens is 359 g/mol. The van der Waals surface area contributed by atoms with Crippen molar-refractivity contribution < 1.29 is 4.92 Å². The summed E-state index contributed by atoms with van der Waals surface area (Å²) in [7, 11) is 0. The molecule has 7 heteroatoms. The van der Waals surface area contributed by atoms with Gasteiger partial charge in [0, 0.05) is 31.8 Å². The van der Waals surface area contributed by atoms with Crippen LogP contribution in [0.15, 0.2) is 29.3 Å². The van der Waals surface area contributed by atoms with Crippen molar-refractivity contribution in [1.29, 1.82) is 0 Å². The summed E-state index contributed by atoms with van der Waals surface area (Å²) in [6, 6.07) is 6.64. The van der Waals surface area contributed by atoms with Crippen LogP contribution >= 0.6 is 24.0 Å². The number of nitrogens with zero attached hydrogens (tertiary/aromatic N) is 2. The van der Waals surface area contributed by atoms with Crippen molar-refractivity contribution in [2.45, 2.75) is 12.8 Å². The number of hydrogen-bond donors (Lipinski definition) is 2. The van der Waals surface area contributed by atoms with Crippen LogP contribution in [-0.4, -0.2) is 30.5 Å². The van der Waals surface area contributed by atoms with E-state index in [1.165, 1.54) is 12.1 Å². The van der Waals surface area contributed by atoms with E-state index in [0.29, 0.717) is 0 Å². The Hall–Kier alpha value is -1.38. The number of rotatable bonds is 4. The van der Waals surface area contributed by atoms with Crippen LogP contribution in [0, 0.1) is 10.1 Å². The van der Waals surface area contributed by atoms with Gasteiger partial charge in [0.05, 0.1) is 4.92 Å². The monoisotopic (exact) mass is 376 g/mol. The Morgan fingerprint density at radius 1 is 1.37 bits per heavy atom. The minimum atomic E-state index is -0.386. The third-order valence-electron chi connectivity index (χ3n) is 2.75. The lowest BCUT2D eigenvalue weighted by Gasteiger charge is -2.15. The molecule has 1 aromatic carbocycles. The molecule has 1 aliphatic heterocycles. The third-order valence-corrected chi connectivity index (χ3v) is 2.75. The minimum Gasteiger partial charge on any atom is -0.356 e. The highest BCUT2D eigenvalue weighted by atomic mass is 127. The highest BCUT2D eigenvalue weighted by molar-refractivity contribution is 14.0. The van der Waals surface area contributed by atoms with E-state index in [9.17, 15) is 10.1 Å². The number of nitrogens with one attached hydrogen (secondary N) is 2. The number of benzene rings is 1. The molecule has 6 nitrogen and oxygen atoms in total. The lowest BCUT2D eigenvalue weighted by Crippen LogP contribution is -2.41.